The lowest BCUT2D eigenvalue weighted by atomic mass is 9.88. The molecule has 0 spiro atoms. The summed E-state index contributed by atoms with van der Waals surface area (Å²) >= 11 is 0. The Bertz CT molecular complexity index is 896. The van der Waals surface area contributed by atoms with E-state index in [9.17, 15) is 0 Å². The molecule has 0 nitrogen and oxygen atoms in total. The summed E-state index contributed by atoms with van der Waals surface area (Å²) in [5, 5.41) is 8.67. The summed E-state index contributed by atoms with van der Waals surface area (Å²) in [5.74, 6) is 0. The molecule has 0 saturated heterocycles. The minimum absolute atomic E-state index is 1.19. The lowest BCUT2D eigenvalue weighted by molar-refractivity contribution is 0.799. The Balaban J connectivity index is 2.02. The van der Waals surface area contributed by atoms with Crippen LogP contribution in [0.15, 0.2) is 48.5 Å². The van der Waals surface area contributed by atoms with Crippen LogP contribution in [0.3, 0.4) is 0 Å². The van der Waals surface area contributed by atoms with E-state index in [-0.39, 0.29) is 0 Å². The second-order valence-electron chi connectivity index (χ2n) is 7.08. The number of benzene rings is 4. The van der Waals surface area contributed by atoms with Crippen LogP contribution < -0.4 is 0 Å². The predicted molar refractivity (Wildman–Crippen MR) is 107 cm³/mol. The zero-order valence-electron chi connectivity index (χ0n) is 14.9. The molecule has 4 aromatic rings. The van der Waals surface area contributed by atoms with Gasteiger partial charge in [0.05, 0.1) is 0 Å². The Morgan fingerprint density at radius 1 is 0.542 bits per heavy atom. The topological polar surface area (TPSA) is 0 Å². The Morgan fingerprint density at radius 2 is 0.958 bits per heavy atom. The maximum Gasteiger partial charge on any atom is -0.00239 e. The van der Waals surface area contributed by atoms with E-state index in [4.69, 9.17) is 0 Å². The fourth-order valence-electron chi connectivity index (χ4n) is 4.09. The maximum absolute atomic E-state index is 2.35. The average molecular weight is 314 g/mol. The molecule has 0 heteroatoms. The van der Waals surface area contributed by atoms with Crippen molar-refractivity contribution >= 4 is 32.3 Å². The van der Waals surface area contributed by atoms with Gasteiger partial charge in [0.25, 0.3) is 0 Å². The van der Waals surface area contributed by atoms with Crippen LogP contribution in [0.5, 0.6) is 0 Å². The smallest absolute Gasteiger partial charge is 0.00239 e. The second-order valence-corrected chi connectivity index (χ2v) is 7.08. The van der Waals surface area contributed by atoms with Gasteiger partial charge in [-0.25, -0.2) is 0 Å². The van der Waals surface area contributed by atoms with E-state index in [1.807, 2.05) is 0 Å². The first-order valence-electron chi connectivity index (χ1n) is 9.51. The molecule has 0 bridgehead atoms. The van der Waals surface area contributed by atoms with Crippen LogP contribution >= 0.6 is 0 Å². The van der Waals surface area contributed by atoms with E-state index in [2.05, 4.69) is 62.4 Å². The van der Waals surface area contributed by atoms with Crippen LogP contribution in [0, 0.1) is 0 Å². The molecule has 122 valence electrons. The first-order valence-corrected chi connectivity index (χ1v) is 9.51. The fraction of sp³-hybridized carbons (Fsp3) is 0.333. The van der Waals surface area contributed by atoms with Crippen LogP contribution in [0.2, 0.25) is 0 Å². The molecule has 0 aliphatic carbocycles. The van der Waals surface area contributed by atoms with Crippen molar-refractivity contribution in [3.8, 4) is 0 Å². The van der Waals surface area contributed by atoms with Crippen molar-refractivity contribution in [3.63, 3.8) is 0 Å². The monoisotopic (exact) mass is 314 g/mol. The van der Waals surface area contributed by atoms with E-state index >= 15 is 0 Å². The van der Waals surface area contributed by atoms with Gasteiger partial charge in [0.1, 0.15) is 0 Å². The summed E-state index contributed by atoms with van der Waals surface area (Å²) in [6.07, 6.45) is 7.42. The molecule has 0 amide bonds. The first-order chi connectivity index (χ1) is 11.8. The zero-order valence-corrected chi connectivity index (χ0v) is 14.9. The lowest BCUT2D eigenvalue weighted by Gasteiger charge is -2.16. The molecule has 0 aromatic heterocycles. The van der Waals surface area contributed by atoms with Crippen molar-refractivity contribution in [3.05, 3.63) is 59.7 Å². The van der Waals surface area contributed by atoms with Crippen LogP contribution in [-0.4, -0.2) is 0 Å². The molecular formula is C24H26. The van der Waals surface area contributed by atoms with Crippen molar-refractivity contribution in [2.24, 2.45) is 0 Å². The highest BCUT2D eigenvalue weighted by Gasteiger charge is 2.12. The van der Waals surface area contributed by atoms with Crippen LogP contribution in [0.4, 0.5) is 0 Å². The summed E-state index contributed by atoms with van der Waals surface area (Å²) in [5.41, 5.74) is 3.02. The molecule has 0 N–H and O–H groups in total. The molecule has 0 atom stereocenters. The number of unbranched alkanes of at least 4 members (excludes halogenated alkanes) is 2. The number of hydrogen-bond donors (Lipinski definition) is 0. The molecule has 0 aliphatic rings. The zero-order chi connectivity index (χ0) is 16.5. The van der Waals surface area contributed by atoms with E-state index in [0.29, 0.717) is 0 Å². The number of rotatable bonds is 6. The highest BCUT2D eigenvalue weighted by atomic mass is 14.2. The average Bonchev–Trinajstić information content (AvgIpc) is 2.63. The van der Waals surface area contributed by atoms with Gasteiger partial charge in [0.2, 0.25) is 0 Å². The van der Waals surface area contributed by atoms with Gasteiger partial charge >= 0.3 is 0 Å². The Hall–Kier alpha value is -2.08. The molecule has 4 aromatic carbocycles. The molecule has 0 fully saturated rings. The molecular weight excluding hydrogens is 288 g/mol. The third-order valence-electron chi connectivity index (χ3n) is 5.44. The third-order valence-corrected chi connectivity index (χ3v) is 5.44. The molecule has 4 rings (SSSR count). The molecule has 0 radical (unpaired) electrons. The lowest BCUT2D eigenvalue weighted by Crippen LogP contribution is -1.93. The van der Waals surface area contributed by atoms with Crippen molar-refractivity contribution in [1.29, 1.82) is 0 Å². The first kappa shape index (κ1) is 15.4. The SMILES string of the molecule is CCCCc1ccc2ccc3c(CCCC)ccc4ccc1c2c43. The molecule has 0 unspecified atom stereocenters. The summed E-state index contributed by atoms with van der Waals surface area (Å²) < 4.78 is 0. The predicted octanol–water partition coefficient (Wildman–Crippen LogP) is 7.27. The maximum atomic E-state index is 2.35. The minimum atomic E-state index is 1.19. The second kappa shape index (κ2) is 6.43. The summed E-state index contributed by atoms with van der Waals surface area (Å²) in [6, 6.07) is 18.7. The van der Waals surface area contributed by atoms with Gasteiger partial charge in [-0.2, -0.15) is 0 Å². The Kier molecular flexibility index (Phi) is 4.14. The van der Waals surface area contributed by atoms with Crippen LogP contribution in [0.25, 0.3) is 32.3 Å². The van der Waals surface area contributed by atoms with Gasteiger partial charge in [-0.3, -0.25) is 0 Å². The molecule has 0 saturated carbocycles. The van der Waals surface area contributed by atoms with Gasteiger partial charge in [0.15, 0.2) is 0 Å². The largest absolute Gasteiger partial charge is 0.0654 e. The summed E-state index contributed by atoms with van der Waals surface area (Å²) in [4.78, 5) is 0. The molecule has 0 heterocycles. The van der Waals surface area contributed by atoms with E-state index in [0.717, 1.165) is 0 Å². The quantitative estimate of drug-likeness (QED) is 0.328. The number of hydrogen-bond acceptors (Lipinski definition) is 0. The van der Waals surface area contributed by atoms with E-state index in [1.165, 1.54) is 82.0 Å². The van der Waals surface area contributed by atoms with Crippen molar-refractivity contribution in [2.45, 2.75) is 52.4 Å². The third kappa shape index (κ3) is 2.45. The number of aryl methyl sites for hydroxylation is 2. The van der Waals surface area contributed by atoms with Crippen molar-refractivity contribution in [2.75, 3.05) is 0 Å². The van der Waals surface area contributed by atoms with Crippen LogP contribution in [-0.2, 0) is 12.8 Å². The van der Waals surface area contributed by atoms with Gasteiger partial charge in [-0.05, 0) is 69.1 Å². The summed E-state index contributed by atoms with van der Waals surface area (Å²) in [6.45, 7) is 4.55. The highest BCUT2D eigenvalue weighted by Crippen LogP contribution is 2.38. The van der Waals surface area contributed by atoms with Crippen molar-refractivity contribution < 1.29 is 0 Å². The van der Waals surface area contributed by atoms with Crippen molar-refractivity contribution in [1.82, 2.24) is 0 Å². The standard InChI is InChI=1S/C24H26/c1-3-5-7-17-9-11-19-14-16-22-18(8-6-4-2)10-12-20-13-15-21(17)23(19)24(20)22/h9-16H,3-8H2,1-2H3. The minimum Gasteiger partial charge on any atom is -0.0654 e. The molecule has 0 aliphatic heterocycles. The van der Waals surface area contributed by atoms with Gasteiger partial charge in [-0.1, -0.05) is 75.2 Å². The van der Waals surface area contributed by atoms with E-state index in [1.54, 1.807) is 0 Å². The molecule has 24 heavy (non-hydrogen) atoms. The fourth-order valence-corrected chi connectivity index (χ4v) is 4.09. The van der Waals surface area contributed by atoms with Crippen LogP contribution in [0.1, 0.15) is 50.7 Å². The Labute approximate surface area is 144 Å². The van der Waals surface area contributed by atoms with Gasteiger partial charge in [-0.15, -0.1) is 0 Å². The highest BCUT2D eigenvalue weighted by molar-refractivity contribution is 6.24. The van der Waals surface area contributed by atoms with E-state index < -0.39 is 0 Å². The normalized spacial score (nSPS) is 11.9. The van der Waals surface area contributed by atoms with Gasteiger partial charge < -0.3 is 0 Å². The Morgan fingerprint density at radius 3 is 1.38 bits per heavy atom. The summed E-state index contributed by atoms with van der Waals surface area (Å²) in [7, 11) is 0. The van der Waals surface area contributed by atoms with Gasteiger partial charge in [0, 0.05) is 0 Å².